The van der Waals surface area contributed by atoms with Crippen molar-refractivity contribution in [2.75, 3.05) is 39.6 Å². The quantitative estimate of drug-likeness (QED) is 0.0222. The Hall–Kier alpha value is -1.94. The molecule has 0 spiro atoms. The molecule has 0 amide bonds. The molecule has 19 heteroatoms. The second-order valence-electron chi connectivity index (χ2n) is 24.2. The molecule has 3 N–H and O–H groups in total. The number of unbranched alkanes of at least 4 members (excludes halogenated alkanes) is 42. The van der Waals surface area contributed by atoms with E-state index in [-0.39, 0.29) is 25.7 Å². The van der Waals surface area contributed by atoms with E-state index in [1.54, 1.807) is 0 Å². The number of esters is 4. The zero-order valence-electron chi connectivity index (χ0n) is 55.3. The summed E-state index contributed by atoms with van der Waals surface area (Å²) in [6, 6.07) is 0. The minimum atomic E-state index is -4.94. The lowest BCUT2D eigenvalue weighted by Gasteiger charge is -2.21. The SMILES string of the molecule is CCCCCCCCCCCCCCCCCCCCC(=O)O[C@H](COC(=O)CCCCCCCCCCCCCC)COP(=O)(O)OC[C@@H](O)COP(=O)(O)OC[C@@H](COC(=O)CCCCCCC)OC(=O)CCCCCCCCCCCCC. The van der Waals surface area contributed by atoms with Crippen LogP contribution in [-0.4, -0.2) is 96.7 Å². The molecule has 0 aliphatic carbocycles. The van der Waals surface area contributed by atoms with Gasteiger partial charge in [0.15, 0.2) is 12.2 Å². The van der Waals surface area contributed by atoms with E-state index in [1.807, 2.05) is 0 Å². The lowest BCUT2D eigenvalue weighted by molar-refractivity contribution is -0.161. The fourth-order valence-corrected chi connectivity index (χ4v) is 11.7. The second kappa shape index (κ2) is 61.9. The average Bonchev–Trinajstić information content (AvgIpc) is 3.69. The number of ether oxygens (including phenoxy) is 4. The standard InChI is InChI=1S/C67H130O17P2/c1-5-9-13-17-20-23-26-28-29-30-31-32-33-36-39-42-46-50-54-67(72)84-63(58-78-65(70)52-48-44-40-37-35-27-24-21-18-14-10-6-2)60-82-86(75,76)80-56-61(68)55-79-85(73,74)81-59-62(57-77-64(69)51-47-43-16-12-8-4)83-66(71)53-49-45-41-38-34-25-22-19-15-11-7-3/h61-63,68H,5-60H2,1-4H3,(H,73,74)(H,75,76)/t61-,62+,63+/m0/s1. The maximum absolute atomic E-state index is 13.0. The van der Waals surface area contributed by atoms with E-state index in [9.17, 15) is 43.2 Å². The van der Waals surface area contributed by atoms with E-state index < -0.39 is 97.5 Å². The fraction of sp³-hybridized carbons (Fsp3) is 0.940. The highest BCUT2D eigenvalue weighted by atomic mass is 31.2. The molecule has 0 aromatic carbocycles. The molecule has 5 atom stereocenters. The van der Waals surface area contributed by atoms with Gasteiger partial charge in [-0.2, -0.15) is 0 Å². The maximum atomic E-state index is 13.0. The van der Waals surface area contributed by atoms with Crippen LogP contribution in [0.25, 0.3) is 0 Å². The highest BCUT2D eigenvalue weighted by Gasteiger charge is 2.30. The topological polar surface area (TPSA) is 237 Å². The number of aliphatic hydroxyl groups is 1. The molecule has 0 fully saturated rings. The van der Waals surface area contributed by atoms with Gasteiger partial charge >= 0.3 is 39.5 Å². The molecular formula is C67H130O17P2. The Balaban J connectivity index is 5.14. The minimum absolute atomic E-state index is 0.106. The van der Waals surface area contributed by atoms with E-state index in [0.29, 0.717) is 25.7 Å². The number of hydrogen-bond donors (Lipinski definition) is 3. The lowest BCUT2D eigenvalue weighted by Crippen LogP contribution is -2.30. The van der Waals surface area contributed by atoms with Crippen LogP contribution >= 0.6 is 15.6 Å². The van der Waals surface area contributed by atoms with Crippen LogP contribution in [0.4, 0.5) is 0 Å². The molecule has 2 unspecified atom stereocenters. The highest BCUT2D eigenvalue weighted by Crippen LogP contribution is 2.45. The Morgan fingerprint density at radius 1 is 0.279 bits per heavy atom. The van der Waals surface area contributed by atoms with Gasteiger partial charge in [0.25, 0.3) is 0 Å². The molecule has 0 saturated heterocycles. The summed E-state index contributed by atoms with van der Waals surface area (Å²) in [5, 5.41) is 10.5. The number of carbonyl (C=O) groups is 4. The van der Waals surface area contributed by atoms with Crippen LogP contribution in [-0.2, 0) is 65.4 Å². The molecule has 0 aliphatic rings. The molecule has 0 aromatic rings. The monoisotopic (exact) mass is 1270 g/mol. The van der Waals surface area contributed by atoms with Crippen molar-refractivity contribution in [3.05, 3.63) is 0 Å². The van der Waals surface area contributed by atoms with Gasteiger partial charge in [-0.1, -0.05) is 297 Å². The third-order valence-electron chi connectivity index (χ3n) is 15.6. The van der Waals surface area contributed by atoms with Crippen LogP contribution in [0.2, 0.25) is 0 Å². The summed E-state index contributed by atoms with van der Waals surface area (Å²) >= 11 is 0. The van der Waals surface area contributed by atoms with Gasteiger partial charge in [-0.25, -0.2) is 9.13 Å². The van der Waals surface area contributed by atoms with Crippen molar-refractivity contribution < 1.29 is 80.2 Å². The second-order valence-corrected chi connectivity index (χ2v) is 27.1. The molecule has 17 nitrogen and oxygen atoms in total. The number of rotatable bonds is 68. The highest BCUT2D eigenvalue weighted by molar-refractivity contribution is 7.47. The number of hydrogen-bond acceptors (Lipinski definition) is 15. The van der Waals surface area contributed by atoms with Gasteiger partial charge in [-0.3, -0.25) is 37.3 Å². The molecule has 0 saturated carbocycles. The predicted octanol–water partition coefficient (Wildman–Crippen LogP) is 19.1. The molecule has 0 heterocycles. The normalized spacial score (nSPS) is 14.1. The number of phosphoric acid groups is 2. The largest absolute Gasteiger partial charge is 0.472 e. The smallest absolute Gasteiger partial charge is 0.462 e. The van der Waals surface area contributed by atoms with Gasteiger partial charge in [0.1, 0.15) is 19.3 Å². The minimum Gasteiger partial charge on any atom is -0.462 e. The number of carbonyl (C=O) groups excluding carboxylic acids is 4. The van der Waals surface area contributed by atoms with E-state index in [1.165, 1.54) is 173 Å². The number of phosphoric ester groups is 2. The van der Waals surface area contributed by atoms with Gasteiger partial charge in [-0.05, 0) is 25.7 Å². The Morgan fingerprint density at radius 3 is 0.686 bits per heavy atom. The molecule has 86 heavy (non-hydrogen) atoms. The summed E-state index contributed by atoms with van der Waals surface area (Å²) in [5.74, 6) is -2.14. The van der Waals surface area contributed by atoms with Crippen LogP contribution in [0.5, 0.6) is 0 Å². The van der Waals surface area contributed by atoms with Crippen molar-refractivity contribution in [2.45, 2.75) is 367 Å². The molecule has 510 valence electrons. The van der Waals surface area contributed by atoms with Crippen molar-refractivity contribution in [2.24, 2.45) is 0 Å². The maximum Gasteiger partial charge on any atom is 0.472 e. The van der Waals surface area contributed by atoms with Crippen LogP contribution in [0.1, 0.15) is 349 Å². The molecule has 0 radical (unpaired) electrons. The lowest BCUT2D eigenvalue weighted by atomic mass is 10.0. The Labute approximate surface area is 524 Å². The zero-order valence-corrected chi connectivity index (χ0v) is 57.1. The third-order valence-corrected chi connectivity index (χ3v) is 17.5. The van der Waals surface area contributed by atoms with Crippen molar-refractivity contribution in [1.82, 2.24) is 0 Å². The number of aliphatic hydroxyl groups excluding tert-OH is 1. The van der Waals surface area contributed by atoms with E-state index >= 15 is 0 Å². The van der Waals surface area contributed by atoms with Gasteiger partial charge in [-0.15, -0.1) is 0 Å². The summed E-state index contributed by atoms with van der Waals surface area (Å²) in [6.45, 7) is 4.83. The summed E-state index contributed by atoms with van der Waals surface area (Å²) in [6.07, 6.45) is 48.9. The molecule has 0 aromatic heterocycles. The van der Waals surface area contributed by atoms with Crippen molar-refractivity contribution in [1.29, 1.82) is 0 Å². The first kappa shape index (κ1) is 84.1. The van der Waals surface area contributed by atoms with Crippen LogP contribution in [0, 0.1) is 0 Å². The van der Waals surface area contributed by atoms with Crippen LogP contribution in [0.3, 0.4) is 0 Å². The third kappa shape index (κ3) is 60.9. The summed E-state index contributed by atoms with van der Waals surface area (Å²) in [5.41, 5.74) is 0. The summed E-state index contributed by atoms with van der Waals surface area (Å²) in [7, 11) is -9.88. The van der Waals surface area contributed by atoms with Gasteiger partial charge in [0, 0.05) is 25.7 Å². The predicted molar refractivity (Wildman–Crippen MR) is 345 cm³/mol. The van der Waals surface area contributed by atoms with Crippen molar-refractivity contribution >= 4 is 39.5 Å². The molecule has 0 bridgehead atoms. The van der Waals surface area contributed by atoms with Crippen molar-refractivity contribution in [3.8, 4) is 0 Å². The zero-order chi connectivity index (χ0) is 63.3. The van der Waals surface area contributed by atoms with Gasteiger partial charge in [0.05, 0.1) is 26.4 Å². The van der Waals surface area contributed by atoms with Crippen LogP contribution in [0.15, 0.2) is 0 Å². The average molecular weight is 1270 g/mol. The first-order chi connectivity index (χ1) is 41.7. The van der Waals surface area contributed by atoms with Gasteiger partial charge in [0.2, 0.25) is 0 Å². The first-order valence-electron chi connectivity index (χ1n) is 35.3. The first-order valence-corrected chi connectivity index (χ1v) is 38.3. The van der Waals surface area contributed by atoms with E-state index in [4.69, 9.17) is 37.0 Å². The fourth-order valence-electron chi connectivity index (χ4n) is 10.2. The Kier molecular flexibility index (Phi) is 60.5. The summed E-state index contributed by atoms with van der Waals surface area (Å²) in [4.78, 5) is 72.1. The Bertz CT molecular complexity index is 1650. The molecule has 0 rings (SSSR count). The molecular weight excluding hydrogens is 1140 g/mol. The van der Waals surface area contributed by atoms with Gasteiger partial charge < -0.3 is 33.8 Å². The van der Waals surface area contributed by atoms with Crippen LogP contribution < -0.4 is 0 Å². The Morgan fingerprint density at radius 2 is 0.465 bits per heavy atom. The van der Waals surface area contributed by atoms with E-state index in [0.717, 1.165) is 96.3 Å². The van der Waals surface area contributed by atoms with Crippen molar-refractivity contribution in [3.63, 3.8) is 0 Å². The molecule has 0 aliphatic heterocycles. The van der Waals surface area contributed by atoms with E-state index in [2.05, 4.69) is 27.7 Å². The summed E-state index contributed by atoms with van der Waals surface area (Å²) < 4.78 is 67.9.